The number of aromatic nitrogens is 2. The van der Waals surface area contributed by atoms with Crippen LogP contribution in [-0.4, -0.2) is 27.0 Å². The average molecular weight is 571 g/mol. The largest absolute Gasteiger partial charge is 0.416 e. The Morgan fingerprint density at radius 1 is 1.07 bits per heavy atom. The number of nitrogens with one attached hydrogen (secondary N) is 1. The van der Waals surface area contributed by atoms with E-state index in [-0.39, 0.29) is 11.2 Å². The molecule has 1 heterocycles. The van der Waals surface area contributed by atoms with Gasteiger partial charge in [0, 0.05) is 17.3 Å². The van der Waals surface area contributed by atoms with Crippen LogP contribution in [0.1, 0.15) is 56.1 Å². The molecule has 40 heavy (non-hydrogen) atoms. The van der Waals surface area contributed by atoms with Crippen LogP contribution in [-0.2, 0) is 6.18 Å². The molecule has 1 N–H and O–H groups in total. The van der Waals surface area contributed by atoms with Crippen molar-refractivity contribution in [2.24, 2.45) is 0 Å². The zero-order chi connectivity index (χ0) is 29.0. The summed E-state index contributed by atoms with van der Waals surface area (Å²) in [7, 11) is 0. The first-order valence-corrected chi connectivity index (χ1v) is 13.4. The highest BCUT2D eigenvalue weighted by molar-refractivity contribution is 6.30. The van der Waals surface area contributed by atoms with Crippen LogP contribution in [0.25, 0.3) is 16.6 Å². The normalized spacial score (nSPS) is 12.4. The van der Waals surface area contributed by atoms with Crippen molar-refractivity contribution in [3.05, 3.63) is 99.1 Å². The predicted octanol–water partition coefficient (Wildman–Crippen LogP) is 8.15. The first-order valence-electron chi connectivity index (χ1n) is 13.0. The number of benzene rings is 3. The van der Waals surface area contributed by atoms with Crippen molar-refractivity contribution in [2.45, 2.75) is 52.3 Å². The fraction of sp³-hybridized carbons (Fsp3) is 0.300. The molecule has 1 unspecified atom stereocenters. The Kier molecular flexibility index (Phi) is 8.83. The summed E-state index contributed by atoms with van der Waals surface area (Å²) in [5.74, 6) is 0.355. The number of hydrogen-bond donors (Lipinski definition) is 1. The van der Waals surface area contributed by atoms with Crippen molar-refractivity contribution in [2.75, 3.05) is 11.9 Å². The molecule has 0 spiro atoms. The third-order valence-electron chi connectivity index (χ3n) is 6.77. The second-order valence-corrected chi connectivity index (χ2v) is 10.1. The molecule has 0 bridgehead atoms. The Morgan fingerprint density at radius 2 is 1.77 bits per heavy atom. The molecule has 6 nitrogen and oxygen atoms in total. The molecule has 3 aromatic carbocycles. The molecule has 0 aliphatic carbocycles. The predicted molar refractivity (Wildman–Crippen MR) is 152 cm³/mol. The van der Waals surface area contributed by atoms with Crippen molar-refractivity contribution in [1.82, 2.24) is 14.5 Å². The lowest BCUT2D eigenvalue weighted by Crippen LogP contribution is -2.40. The van der Waals surface area contributed by atoms with Crippen LogP contribution in [0.2, 0.25) is 5.02 Å². The molecule has 1 atom stereocenters. The van der Waals surface area contributed by atoms with Crippen molar-refractivity contribution in [3.8, 4) is 5.69 Å². The Morgan fingerprint density at radius 3 is 2.42 bits per heavy atom. The van der Waals surface area contributed by atoms with Crippen molar-refractivity contribution >= 4 is 34.2 Å². The van der Waals surface area contributed by atoms with Gasteiger partial charge in [0.25, 0.3) is 5.56 Å². The number of para-hydroxylation sites is 1. The molecule has 10 heteroatoms. The number of carbonyl (C=O) groups excluding carboxylic acids is 1. The van der Waals surface area contributed by atoms with Crippen molar-refractivity contribution in [3.63, 3.8) is 0 Å². The minimum atomic E-state index is -4.48. The van der Waals surface area contributed by atoms with E-state index in [0.717, 1.165) is 30.5 Å². The highest BCUT2D eigenvalue weighted by Gasteiger charge is 2.31. The van der Waals surface area contributed by atoms with E-state index in [1.807, 2.05) is 13.8 Å². The lowest BCUT2D eigenvalue weighted by molar-refractivity contribution is -0.137. The smallest absolute Gasteiger partial charge is 0.315 e. The lowest BCUT2D eigenvalue weighted by Gasteiger charge is -2.31. The van der Waals surface area contributed by atoms with Gasteiger partial charge in [0.2, 0.25) is 0 Å². The molecule has 4 aromatic rings. The van der Waals surface area contributed by atoms with Gasteiger partial charge in [0.15, 0.2) is 0 Å². The fourth-order valence-electron chi connectivity index (χ4n) is 4.61. The van der Waals surface area contributed by atoms with Crippen LogP contribution in [0.3, 0.4) is 0 Å². The van der Waals surface area contributed by atoms with Gasteiger partial charge in [0.1, 0.15) is 5.82 Å². The summed E-state index contributed by atoms with van der Waals surface area (Å²) in [5.41, 5.74) is 0.978. The Bertz CT molecular complexity index is 1570. The summed E-state index contributed by atoms with van der Waals surface area (Å²) in [5, 5.41) is 3.67. The summed E-state index contributed by atoms with van der Waals surface area (Å²) in [6.45, 7) is 6.02. The first-order chi connectivity index (χ1) is 19.0. The number of halogens is 4. The molecule has 2 amide bonds. The van der Waals surface area contributed by atoms with E-state index in [2.05, 4.69) is 5.32 Å². The number of fused-ring (bicyclic) bond motifs is 1. The van der Waals surface area contributed by atoms with Gasteiger partial charge in [-0.05, 0) is 80.4 Å². The zero-order valence-electron chi connectivity index (χ0n) is 22.4. The maximum atomic E-state index is 13.8. The molecule has 210 valence electrons. The number of rotatable bonds is 8. The molecule has 4 rings (SSSR count). The third-order valence-corrected chi connectivity index (χ3v) is 7.00. The SMILES string of the molecule is CCCCCN(C(=O)Nc1ccc(C(F)(F)F)cc1)C(C)c1nc2ccccc2c(=O)n1-c1ccc(Cl)cc1C. The minimum absolute atomic E-state index is 0.225. The Labute approximate surface area is 235 Å². The molecular formula is C30H30ClF3N4O2. The van der Waals surface area contributed by atoms with Gasteiger partial charge >= 0.3 is 12.2 Å². The van der Waals surface area contributed by atoms with E-state index in [1.54, 1.807) is 54.3 Å². The molecular weight excluding hydrogens is 541 g/mol. The van der Waals surface area contributed by atoms with Crippen LogP contribution in [0, 0.1) is 6.92 Å². The Balaban J connectivity index is 1.79. The van der Waals surface area contributed by atoms with E-state index in [1.165, 1.54) is 16.7 Å². The first kappa shape index (κ1) is 29.1. The quantitative estimate of drug-likeness (QED) is 0.217. The summed E-state index contributed by atoms with van der Waals surface area (Å²) < 4.78 is 40.5. The number of carbonyl (C=O) groups is 1. The van der Waals surface area contributed by atoms with E-state index < -0.39 is 23.8 Å². The standard InChI is InChI=1S/C30H30ClF3N4O2/c1-4-5-8-17-37(29(40)35-23-14-11-21(12-15-23)30(32,33)34)20(3)27-36-25-10-7-6-9-24(25)28(39)38(27)26-16-13-22(31)18-19(26)2/h6-7,9-16,18,20H,4-5,8,17H2,1-3H3,(H,35,40). The van der Waals surface area contributed by atoms with Crippen LogP contribution >= 0.6 is 11.6 Å². The van der Waals surface area contributed by atoms with Crippen LogP contribution in [0.5, 0.6) is 0 Å². The topological polar surface area (TPSA) is 67.2 Å². The van der Waals surface area contributed by atoms with Crippen molar-refractivity contribution in [1.29, 1.82) is 0 Å². The summed E-state index contributed by atoms with van der Waals surface area (Å²) in [6.07, 6.45) is -2.00. The number of hydrogen-bond acceptors (Lipinski definition) is 3. The molecule has 0 aliphatic heterocycles. The maximum Gasteiger partial charge on any atom is 0.416 e. The van der Waals surface area contributed by atoms with Crippen molar-refractivity contribution < 1.29 is 18.0 Å². The average Bonchev–Trinajstić information content (AvgIpc) is 2.91. The number of anilines is 1. The fourth-order valence-corrected chi connectivity index (χ4v) is 4.84. The summed E-state index contributed by atoms with van der Waals surface area (Å²) in [6, 6.07) is 15.3. The maximum absolute atomic E-state index is 13.8. The molecule has 0 saturated carbocycles. The lowest BCUT2D eigenvalue weighted by atomic mass is 10.1. The molecule has 0 radical (unpaired) electrons. The molecule has 1 aromatic heterocycles. The summed E-state index contributed by atoms with van der Waals surface area (Å²) in [4.78, 5) is 33.8. The number of amides is 2. The number of urea groups is 1. The van der Waals surface area contributed by atoms with Gasteiger partial charge in [-0.25, -0.2) is 9.78 Å². The van der Waals surface area contributed by atoms with E-state index in [4.69, 9.17) is 16.6 Å². The van der Waals surface area contributed by atoms with Gasteiger partial charge in [-0.15, -0.1) is 0 Å². The number of aryl methyl sites for hydroxylation is 1. The molecule has 0 saturated heterocycles. The zero-order valence-corrected chi connectivity index (χ0v) is 23.2. The van der Waals surface area contributed by atoms with Gasteiger partial charge in [-0.2, -0.15) is 13.2 Å². The summed E-state index contributed by atoms with van der Waals surface area (Å²) >= 11 is 6.19. The second kappa shape index (κ2) is 12.1. The number of nitrogens with zero attached hydrogens (tertiary/aromatic N) is 3. The highest BCUT2D eigenvalue weighted by atomic mass is 35.5. The van der Waals surface area contributed by atoms with E-state index in [9.17, 15) is 22.8 Å². The number of alkyl halides is 3. The molecule has 0 fully saturated rings. The van der Waals surface area contributed by atoms with Gasteiger partial charge in [-0.1, -0.05) is 43.5 Å². The van der Waals surface area contributed by atoms with Crippen LogP contribution in [0.15, 0.2) is 71.5 Å². The monoisotopic (exact) mass is 570 g/mol. The minimum Gasteiger partial charge on any atom is -0.315 e. The highest BCUT2D eigenvalue weighted by Crippen LogP contribution is 2.30. The van der Waals surface area contributed by atoms with Gasteiger partial charge in [0.05, 0.1) is 28.2 Å². The van der Waals surface area contributed by atoms with Gasteiger partial charge < -0.3 is 10.2 Å². The van der Waals surface area contributed by atoms with Gasteiger partial charge in [-0.3, -0.25) is 9.36 Å². The van der Waals surface area contributed by atoms with Crippen LogP contribution < -0.4 is 10.9 Å². The molecule has 0 aliphatic rings. The van der Waals surface area contributed by atoms with E-state index in [0.29, 0.717) is 40.4 Å². The van der Waals surface area contributed by atoms with E-state index >= 15 is 0 Å². The second-order valence-electron chi connectivity index (χ2n) is 9.64. The third kappa shape index (κ3) is 6.31. The van der Waals surface area contributed by atoms with Crippen LogP contribution in [0.4, 0.5) is 23.7 Å². The number of unbranched alkanes of at least 4 members (excludes halogenated alkanes) is 2. The Hall–Kier alpha value is -3.85.